The van der Waals surface area contributed by atoms with Gasteiger partial charge >= 0.3 is 0 Å². The number of rotatable bonds is 10. The van der Waals surface area contributed by atoms with Crippen molar-refractivity contribution in [1.29, 1.82) is 0 Å². The first-order chi connectivity index (χ1) is 13.9. The van der Waals surface area contributed by atoms with Gasteiger partial charge in [0.25, 0.3) is 0 Å². The summed E-state index contributed by atoms with van der Waals surface area (Å²) >= 11 is 1.67. The number of nitrogens with zero attached hydrogens (tertiary/aromatic N) is 1. The lowest BCUT2D eigenvalue weighted by molar-refractivity contribution is -0.131. The van der Waals surface area contributed by atoms with Crippen molar-refractivity contribution in [3.05, 3.63) is 60.2 Å². The molecule has 0 aliphatic rings. The Hall–Kier alpha value is -2.51. The zero-order valence-corrected chi connectivity index (χ0v) is 17.9. The van der Waals surface area contributed by atoms with Crippen LogP contribution < -0.4 is 10.6 Å². The molecule has 29 heavy (non-hydrogen) atoms. The predicted octanol–water partition coefficient (Wildman–Crippen LogP) is 2.28. The Morgan fingerprint density at radius 2 is 1.69 bits per heavy atom. The van der Waals surface area contributed by atoms with E-state index < -0.39 is 12.1 Å². The molecule has 0 spiro atoms. The third kappa shape index (κ3) is 7.79. The Labute approximate surface area is 176 Å². The Kier molecular flexibility index (Phi) is 9.02. The first kappa shape index (κ1) is 22.8. The van der Waals surface area contributed by atoms with E-state index in [9.17, 15) is 14.7 Å². The molecule has 2 rings (SSSR count). The van der Waals surface area contributed by atoms with Gasteiger partial charge in [0.2, 0.25) is 11.8 Å². The fraction of sp³-hybridized carbons (Fsp3) is 0.364. The van der Waals surface area contributed by atoms with Gasteiger partial charge in [0.1, 0.15) is 11.8 Å². The van der Waals surface area contributed by atoms with Gasteiger partial charge in [-0.25, -0.2) is 0 Å². The summed E-state index contributed by atoms with van der Waals surface area (Å²) < 4.78 is 0. The molecular weight excluding hydrogens is 386 g/mol. The van der Waals surface area contributed by atoms with Gasteiger partial charge in [0, 0.05) is 17.2 Å². The van der Waals surface area contributed by atoms with E-state index in [0.29, 0.717) is 13.0 Å². The molecule has 2 aromatic carbocycles. The van der Waals surface area contributed by atoms with Crippen molar-refractivity contribution in [3.63, 3.8) is 0 Å². The molecular formula is C22H29N3O3S. The summed E-state index contributed by atoms with van der Waals surface area (Å²) in [5, 5.41) is 15.1. The summed E-state index contributed by atoms with van der Waals surface area (Å²) in [6.45, 7) is 2.22. The van der Waals surface area contributed by atoms with Crippen LogP contribution in [0.25, 0.3) is 0 Å². The van der Waals surface area contributed by atoms with Crippen LogP contribution in [0.2, 0.25) is 0 Å². The van der Waals surface area contributed by atoms with Crippen LogP contribution in [0.15, 0.2) is 59.5 Å². The van der Waals surface area contributed by atoms with Crippen LogP contribution in [0.1, 0.15) is 12.5 Å². The largest absolute Gasteiger partial charge is 0.508 e. The third-order valence-corrected chi connectivity index (χ3v) is 5.47. The normalized spacial score (nSPS) is 13.0. The first-order valence-corrected chi connectivity index (χ1v) is 10.6. The van der Waals surface area contributed by atoms with Crippen molar-refractivity contribution in [2.45, 2.75) is 30.3 Å². The number of benzene rings is 2. The minimum absolute atomic E-state index is 0.190. The summed E-state index contributed by atoms with van der Waals surface area (Å²) in [6.07, 6.45) is 0.487. The van der Waals surface area contributed by atoms with Gasteiger partial charge in [-0.15, -0.1) is 11.8 Å². The minimum Gasteiger partial charge on any atom is -0.508 e. The number of amides is 2. The Bertz CT molecular complexity index is 782. The highest BCUT2D eigenvalue weighted by molar-refractivity contribution is 7.99. The number of thioether (sulfide) groups is 1. The molecule has 0 bridgehead atoms. The summed E-state index contributed by atoms with van der Waals surface area (Å²) in [6, 6.07) is 15.8. The first-order valence-electron chi connectivity index (χ1n) is 9.57. The second kappa shape index (κ2) is 11.5. The summed E-state index contributed by atoms with van der Waals surface area (Å²) in [7, 11) is 3.66. The molecule has 0 radical (unpaired) electrons. The molecule has 3 N–H and O–H groups in total. The fourth-order valence-corrected chi connectivity index (χ4v) is 3.54. The van der Waals surface area contributed by atoms with Gasteiger partial charge < -0.3 is 15.7 Å². The van der Waals surface area contributed by atoms with Gasteiger partial charge in [0.15, 0.2) is 0 Å². The van der Waals surface area contributed by atoms with E-state index in [1.54, 1.807) is 43.0 Å². The van der Waals surface area contributed by atoms with Crippen molar-refractivity contribution >= 4 is 23.6 Å². The van der Waals surface area contributed by atoms with Crippen molar-refractivity contribution in [2.75, 3.05) is 26.4 Å². The molecule has 2 atom stereocenters. The number of hydrogen-bond acceptors (Lipinski definition) is 5. The Morgan fingerprint density at radius 1 is 1.03 bits per heavy atom. The van der Waals surface area contributed by atoms with Crippen LogP contribution >= 0.6 is 11.8 Å². The Morgan fingerprint density at radius 3 is 2.31 bits per heavy atom. The summed E-state index contributed by atoms with van der Waals surface area (Å²) in [4.78, 5) is 28.0. The van der Waals surface area contributed by atoms with Crippen molar-refractivity contribution in [2.24, 2.45) is 0 Å². The van der Waals surface area contributed by atoms with Crippen LogP contribution in [0, 0.1) is 0 Å². The minimum atomic E-state index is -0.619. The highest BCUT2D eigenvalue weighted by atomic mass is 32.2. The Balaban J connectivity index is 1.79. The molecule has 2 amide bonds. The van der Waals surface area contributed by atoms with Gasteiger partial charge in [-0.1, -0.05) is 30.3 Å². The molecule has 0 aliphatic heterocycles. The average molecular weight is 416 g/mol. The van der Waals surface area contributed by atoms with Crippen LogP contribution in [-0.2, 0) is 16.0 Å². The number of hydrogen-bond donors (Lipinski definition) is 3. The second-order valence-corrected chi connectivity index (χ2v) is 8.20. The van der Waals surface area contributed by atoms with Gasteiger partial charge in [-0.05, 0) is 57.3 Å². The molecule has 0 aliphatic carbocycles. The highest BCUT2D eigenvalue weighted by Crippen LogP contribution is 2.16. The lowest BCUT2D eigenvalue weighted by Crippen LogP contribution is -2.52. The summed E-state index contributed by atoms with van der Waals surface area (Å²) in [5.74, 6) is 0.547. The molecule has 0 unspecified atom stereocenters. The third-order valence-electron chi connectivity index (χ3n) is 4.46. The maximum Gasteiger partial charge on any atom is 0.242 e. The molecule has 0 heterocycles. The molecule has 0 aromatic heterocycles. The van der Waals surface area contributed by atoms with E-state index >= 15 is 0 Å². The fourth-order valence-electron chi connectivity index (χ4n) is 2.75. The number of carbonyl (C=O) groups excluding carboxylic acids is 2. The van der Waals surface area contributed by atoms with Gasteiger partial charge in [-0.3, -0.25) is 14.5 Å². The van der Waals surface area contributed by atoms with E-state index in [1.807, 2.05) is 49.3 Å². The number of aromatic hydroxyl groups is 1. The van der Waals surface area contributed by atoms with E-state index in [2.05, 4.69) is 10.6 Å². The van der Waals surface area contributed by atoms with E-state index in [4.69, 9.17) is 0 Å². The molecule has 0 saturated carbocycles. The summed E-state index contributed by atoms with van der Waals surface area (Å²) in [5.41, 5.74) is 0.937. The highest BCUT2D eigenvalue weighted by Gasteiger charge is 2.24. The van der Waals surface area contributed by atoms with Gasteiger partial charge in [-0.2, -0.15) is 0 Å². The van der Waals surface area contributed by atoms with Gasteiger partial charge in [0.05, 0.1) is 6.04 Å². The number of nitrogens with one attached hydrogen (secondary N) is 2. The maximum absolute atomic E-state index is 12.7. The predicted molar refractivity (Wildman–Crippen MR) is 117 cm³/mol. The van der Waals surface area contributed by atoms with E-state index in [1.165, 1.54) is 0 Å². The monoisotopic (exact) mass is 415 g/mol. The van der Waals surface area contributed by atoms with Crippen molar-refractivity contribution < 1.29 is 14.7 Å². The quantitative estimate of drug-likeness (QED) is 0.410. The number of phenolic OH excluding ortho intramolecular Hbond substituents is 1. The van der Waals surface area contributed by atoms with Crippen LogP contribution in [0.4, 0.5) is 0 Å². The molecule has 156 valence electrons. The molecule has 6 nitrogen and oxygen atoms in total. The lowest BCUT2D eigenvalue weighted by atomic mass is 10.0. The standard InChI is InChI=1S/C22H29N3O3S/c1-16(21(27)23-13-14-29-19-7-5-4-6-8-19)24-22(28)20(25(2)3)15-17-9-11-18(26)12-10-17/h4-12,16,20,26H,13-15H2,1-3H3,(H,23,27)(H,24,28)/t16-,20+/m1/s1. The zero-order chi connectivity index (χ0) is 21.2. The molecule has 2 aromatic rings. The number of likely N-dealkylation sites (N-methyl/N-ethyl adjacent to an activating group) is 1. The number of phenols is 1. The van der Waals surface area contributed by atoms with Crippen molar-refractivity contribution in [1.82, 2.24) is 15.5 Å². The van der Waals surface area contributed by atoms with Crippen LogP contribution in [0.5, 0.6) is 5.75 Å². The molecule has 0 saturated heterocycles. The van der Waals surface area contributed by atoms with Crippen LogP contribution in [0.3, 0.4) is 0 Å². The molecule has 7 heteroatoms. The van der Waals surface area contributed by atoms with E-state index in [-0.39, 0.29) is 17.6 Å². The van der Waals surface area contributed by atoms with Crippen LogP contribution in [-0.4, -0.2) is 60.3 Å². The zero-order valence-electron chi connectivity index (χ0n) is 17.1. The SMILES string of the molecule is C[C@@H](NC(=O)[C@H](Cc1ccc(O)cc1)N(C)C)C(=O)NCCSc1ccccc1. The molecule has 0 fully saturated rings. The number of carbonyl (C=O) groups is 2. The second-order valence-electron chi connectivity index (χ2n) is 7.03. The maximum atomic E-state index is 12.7. The van der Waals surface area contributed by atoms with Crippen molar-refractivity contribution in [3.8, 4) is 5.75 Å². The van der Waals surface area contributed by atoms with E-state index in [0.717, 1.165) is 16.2 Å². The smallest absolute Gasteiger partial charge is 0.242 e. The topological polar surface area (TPSA) is 81.7 Å². The lowest BCUT2D eigenvalue weighted by Gasteiger charge is -2.25. The average Bonchev–Trinajstić information content (AvgIpc) is 2.70.